The molecule has 276 valence electrons. The summed E-state index contributed by atoms with van der Waals surface area (Å²) in [4.78, 5) is 2.39. The van der Waals surface area contributed by atoms with E-state index in [4.69, 9.17) is 4.42 Å². The Morgan fingerprint density at radius 1 is 0.339 bits per heavy atom. The number of rotatable bonds is 6. The summed E-state index contributed by atoms with van der Waals surface area (Å²) in [5.41, 5.74) is 13.2. The van der Waals surface area contributed by atoms with Crippen LogP contribution in [0.5, 0.6) is 0 Å². The Hall–Kier alpha value is -7.88. The highest BCUT2D eigenvalue weighted by Gasteiger charge is 2.21. The van der Waals surface area contributed by atoms with Crippen LogP contribution < -0.4 is 4.90 Å². The van der Waals surface area contributed by atoms with E-state index >= 15 is 0 Å². The molecular formula is C56H36N2O. The van der Waals surface area contributed by atoms with Gasteiger partial charge in [-0.05, 0) is 93.0 Å². The highest BCUT2D eigenvalue weighted by molar-refractivity contribution is 6.17. The van der Waals surface area contributed by atoms with E-state index in [0.29, 0.717) is 0 Å². The minimum Gasteiger partial charge on any atom is -0.456 e. The lowest BCUT2D eigenvalue weighted by Gasteiger charge is -2.27. The molecule has 12 rings (SSSR count). The van der Waals surface area contributed by atoms with Crippen LogP contribution in [0.1, 0.15) is 0 Å². The van der Waals surface area contributed by atoms with Gasteiger partial charge < -0.3 is 13.9 Å². The van der Waals surface area contributed by atoms with E-state index in [9.17, 15) is 0 Å². The van der Waals surface area contributed by atoms with Crippen LogP contribution in [0.3, 0.4) is 0 Å². The summed E-state index contributed by atoms with van der Waals surface area (Å²) in [6.45, 7) is 0. The quantitative estimate of drug-likeness (QED) is 0.158. The molecule has 0 atom stereocenters. The van der Waals surface area contributed by atoms with E-state index in [-0.39, 0.29) is 0 Å². The Bertz CT molecular complexity index is 3490. The van der Waals surface area contributed by atoms with E-state index in [2.05, 4.69) is 228 Å². The second kappa shape index (κ2) is 13.4. The van der Waals surface area contributed by atoms with Crippen molar-refractivity contribution in [1.29, 1.82) is 0 Å². The van der Waals surface area contributed by atoms with Gasteiger partial charge in [0.25, 0.3) is 0 Å². The topological polar surface area (TPSA) is 21.3 Å². The van der Waals surface area contributed by atoms with E-state index < -0.39 is 0 Å². The summed E-state index contributed by atoms with van der Waals surface area (Å²) < 4.78 is 9.20. The number of anilines is 3. The van der Waals surface area contributed by atoms with Gasteiger partial charge in [-0.2, -0.15) is 0 Å². The minimum absolute atomic E-state index is 0.843. The third kappa shape index (κ3) is 5.36. The Labute approximate surface area is 341 Å². The number of furan rings is 1. The van der Waals surface area contributed by atoms with Crippen LogP contribution in [0.25, 0.3) is 93.2 Å². The van der Waals surface area contributed by atoms with Crippen LogP contribution in [0.15, 0.2) is 223 Å². The van der Waals surface area contributed by atoms with Gasteiger partial charge in [-0.3, -0.25) is 0 Å². The molecule has 0 N–H and O–H groups in total. The predicted molar refractivity (Wildman–Crippen MR) is 249 cm³/mol. The Kier molecular flexibility index (Phi) is 7.54. The van der Waals surface area contributed by atoms with Crippen LogP contribution in [0.2, 0.25) is 0 Å². The summed E-state index contributed by atoms with van der Waals surface area (Å²) in [5.74, 6) is 0. The Balaban J connectivity index is 1.03. The van der Waals surface area contributed by atoms with Crippen LogP contribution >= 0.6 is 0 Å². The normalized spacial score (nSPS) is 11.7. The first kappa shape index (κ1) is 33.3. The molecule has 59 heavy (non-hydrogen) atoms. The molecule has 3 heteroatoms. The first-order chi connectivity index (χ1) is 29.3. The molecule has 0 unspecified atom stereocenters. The van der Waals surface area contributed by atoms with E-state index in [1.807, 2.05) is 0 Å². The van der Waals surface area contributed by atoms with Gasteiger partial charge in [-0.25, -0.2) is 0 Å². The van der Waals surface area contributed by atoms with Crippen molar-refractivity contribution >= 4 is 82.4 Å². The molecule has 0 radical (unpaired) electrons. The zero-order chi connectivity index (χ0) is 38.9. The number of aromatic nitrogens is 1. The van der Waals surface area contributed by atoms with Gasteiger partial charge in [-0.1, -0.05) is 158 Å². The number of benzene rings is 10. The molecule has 0 fully saturated rings. The molecule has 0 bridgehead atoms. The third-order valence-corrected chi connectivity index (χ3v) is 12.0. The van der Waals surface area contributed by atoms with Gasteiger partial charge in [0, 0.05) is 39.0 Å². The molecule has 0 aliphatic carbocycles. The number of nitrogens with zero attached hydrogens (tertiary/aromatic N) is 2. The summed E-state index contributed by atoms with van der Waals surface area (Å²) >= 11 is 0. The van der Waals surface area contributed by atoms with Gasteiger partial charge in [0.05, 0.1) is 27.8 Å². The molecule has 0 saturated heterocycles. The smallest absolute Gasteiger partial charge is 0.137 e. The first-order valence-electron chi connectivity index (χ1n) is 20.2. The standard InChI is InChI=1S/C56H36N2O/c1-2-13-37(14-3-1)38-25-27-39(28-26-38)40-29-31-42(32-30-40)57(53-35-41-15-4-5-16-44(41)45-17-6-7-18-46(45)53)43-33-34-49-55(36-43)59-54-24-12-23-52(56(49)54)58-50-21-10-8-19-47(50)48-20-9-11-22-51(48)58/h1-36H. The van der Waals surface area contributed by atoms with Crippen molar-refractivity contribution in [3.63, 3.8) is 0 Å². The average molecular weight is 753 g/mol. The second-order valence-corrected chi connectivity index (χ2v) is 15.3. The fraction of sp³-hybridized carbons (Fsp3) is 0. The molecule has 0 saturated carbocycles. The highest BCUT2D eigenvalue weighted by atomic mass is 16.3. The maximum atomic E-state index is 6.81. The number of fused-ring (bicyclic) bond motifs is 9. The largest absolute Gasteiger partial charge is 0.456 e. The molecule has 0 spiro atoms. The molecule has 2 aromatic heterocycles. The lowest BCUT2D eigenvalue weighted by Crippen LogP contribution is -2.10. The number of hydrogen-bond donors (Lipinski definition) is 0. The summed E-state index contributed by atoms with van der Waals surface area (Å²) in [6, 6.07) is 78.6. The minimum atomic E-state index is 0.843. The molecular weight excluding hydrogens is 717 g/mol. The van der Waals surface area contributed by atoms with Crippen molar-refractivity contribution in [2.75, 3.05) is 4.90 Å². The van der Waals surface area contributed by atoms with E-state index in [0.717, 1.165) is 44.7 Å². The molecule has 0 aliphatic heterocycles. The fourth-order valence-corrected chi connectivity index (χ4v) is 9.24. The maximum Gasteiger partial charge on any atom is 0.137 e. The maximum absolute atomic E-state index is 6.81. The van der Waals surface area contributed by atoms with Crippen LogP contribution in [-0.2, 0) is 0 Å². The summed E-state index contributed by atoms with van der Waals surface area (Å²) in [6.07, 6.45) is 0. The number of para-hydroxylation sites is 2. The molecule has 10 aromatic carbocycles. The zero-order valence-electron chi connectivity index (χ0n) is 32.1. The van der Waals surface area contributed by atoms with Gasteiger partial charge >= 0.3 is 0 Å². The van der Waals surface area contributed by atoms with Crippen molar-refractivity contribution in [2.45, 2.75) is 0 Å². The predicted octanol–water partition coefficient (Wildman–Crippen LogP) is 15.8. The SMILES string of the molecule is c1ccc(-c2ccc(-c3ccc(N(c4ccc5c(c4)oc4cccc(-n6c7ccccc7c7ccccc76)c45)c4cc5ccccc5c5ccccc45)cc3)cc2)cc1. The van der Waals surface area contributed by atoms with Crippen molar-refractivity contribution in [1.82, 2.24) is 4.57 Å². The Morgan fingerprint density at radius 3 is 1.58 bits per heavy atom. The van der Waals surface area contributed by atoms with Gasteiger partial charge in [0.2, 0.25) is 0 Å². The lowest BCUT2D eigenvalue weighted by molar-refractivity contribution is 0.669. The average Bonchev–Trinajstić information content (AvgIpc) is 3.85. The van der Waals surface area contributed by atoms with Crippen LogP contribution in [0, 0.1) is 0 Å². The molecule has 3 nitrogen and oxygen atoms in total. The second-order valence-electron chi connectivity index (χ2n) is 15.3. The highest BCUT2D eigenvalue weighted by Crippen LogP contribution is 2.45. The summed E-state index contributed by atoms with van der Waals surface area (Å²) in [7, 11) is 0. The van der Waals surface area contributed by atoms with Gasteiger partial charge in [-0.15, -0.1) is 0 Å². The van der Waals surface area contributed by atoms with Crippen LogP contribution in [0.4, 0.5) is 17.1 Å². The first-order valence-corrected chi connectivity index (χ1v) is 20.2. The molecule has 2 heterocycles. The van der Waals surface area contributed by atoms with Gasteiger partial charge in [0.15, 0.2) is 0 Å². The lowest BCUT2D eigenvalue weighted by atomic mass is 9.98. The van der Waals surface area contributed by atoms with Crippen LogP contribution in [-0.4, -0.2) is 4.57 Å². The van der Waals surface area contributed by atoms with Gasteiger partial charge in [0.1, 0.15) is 11.2 Å². The summed E-state index contributed by atoms with van der Waals surface area (Å²) in [5, 5.41) is 9.51. The Morgan fingerprint density at radius 2 is 0.881 bits per heavy atom. The van der Waals surface area contributed by atoms with E-state index in [1.54, 1.807) is 0 Å². The zero-order valence-corrected chi connectivity index (χ0v) is 32.1. The monoisotopic (exact) mass is 752 g/mol. The molecule has 0 aliphatic rings. The van der Waals surface area contributed by atoms with E-state index in [1.165, 1.54) is 65.6 Å². The fourth-order valence-electron chi connectivity index (χ4n) is 9.24. The van der Waals surface area contributed by atoms with Crippen molar-refractivity contribution < 1.29 is 4.42 Å². The molecule has 0 amide bonds. The van der Waals surface area contributed by atoms with Crippen molar-refractivity contribution in [2.24, 2.45) is 0 Å². The van der Waals surface area contributed by atoms with Crippen molar-refractivity contribution in [3.05, 3.63) is 218 Å². The van der Waals surface area contributed by atoms with Crippen molar-refractivity contribution in [3.8, 4) is 27.9 Å². The molecule has 12 aromatic rings. The number of hydrogen-bond acceptors (Lipinski definition) is 2. The third-order valence-electron chi connectivity index (χ3n) is 12.0.